The van der Waals surface area contributed by atoms with Gasteiger partial charge >= 0.3 is 0 Å². The highest BCUT2D eigenvalue weighted by Crippen LogP contribution is 2.29. The largest absolute Gasteiger partial charge is 0.461 e. The number of furan rings is 1. The normalized spacial score (nSPS) is 17.3. The summed E-state index contributed by atoms with van der Waals surface area (Å²) in [5, 5.41) is 10.3. The van der Waals surface area contributed by atoms with Crippen LogP contribution in [0, 0.1) is 5.92 Å². The highest BCUT2D eigenvalue weighted by molar-refractivity contribution is 7.99. The molecule has 1 aromatic carbocycles. The zero-order valence-corrected chi connectivity index (χ0v) is 16.9. The average Bonchev–Trinajstić information content (AvgIpc) is 3.42. The van der Waals surface area contributed by atoms with Gasteiger partial charge in [0.15, 0.2) is 22.4 Å². The van der Waals surface area contributed by atoms with Crippen molar-refractivity contribution in [2.24, 2.45) is 5.92 Å². The quantitative estimate of drug-likeness (QED) is 0.478. The van der Waals surface area contributed by atoms with E-state index < -0.39 is 0 Å². The predicted molar refractivity (Wildman–Crippen MR) is 112 cm³/mol. The summed E-state index contributed by atoms with van der Waals surface area (Å²) >= 11 is 1.40. The maximum Gasteiger partial charge on any atom is 0.233 e. The van der Waals surface area contributed by atoms with Crippen LogP contribution in [0.4, 0.5) is 0 Å². The number of amides is 1. The fourth-order valence-corrected chi connectivity index (χ4v) is 4.69. The first-order valence-electron chi connectivity index (χ1n) is 9.79. The van der Waals surface area contributed by atoms with Crippen molar-refractivity contribution in [3.8, 4) is 11.6 Å². The molecule has 0 saturated carbocycles. The molecule has 1 atom stereocenters. The van der Waals surface area contributed by atoms with Crippen molar-refractivity contribution in [2.75, 3.05) is 18.8 Å². The number of likely N-dealkylation sites (tertiary alicyclic amines) is 1. The van der Waals surface area contributed by atoms with Crippen LogP contribution in [0.5, 0.6) is 0 Å². The van der Waals surface area contributed by atoms with Crippen LogP contribution >= 0.6 is 11.8 Å². The van der Waals surface area contributed by atoms with Gasteiger partial charge in [-0.3, -0.25) is 9.20 Å². The lowest BCUT2D eigenvalue weighted by Crippen LogP contribution is -2.40. The average molecular weight is 407 g/mol. The van der Waals surface area contributed by atoms with Gasteiger partial charge in [0.2, 0.25) is 5.91 Å². The van der Waals surface area contributed by atoms with Crippen LogP contribution in [0.1, 0.15) is 19.8 Å². The Morgan fingerprint density at radius 1 is 1.24 bits per heavy atom. The maximum atomic E-state index is 12.7. The minimum Gasteiger partial charge on any atom is -0.461 e. The second-order valence-electron chi connectivity index (χ2n) is 7.45. The number of aromatic nitrogens is 4. The Morgan fingerprint density at radius 3 is 2.97 bits per heavy atom. The van der Waals surface area contributed by atoms with E-state index in [2.05, 4.69) is 17.1 Å². The lowest BCUT2D eigenvalue weighted by Gasteiger charge is -2.30. The zero-order chi connectivity index (χ0) is 19.8. The molecule has 0 bridgehead atoms. The highest BCUT2D eigenvalue weighted by Gasteiger charge is 2.23. The van der Waals surface area contributed by atoms with Gasteiger partial charge in [-0.15, -0.1) is 10.2 Å². The first-order chi connectivity index (χ1) is 14.2. The lowest BCUT2D eigenvalue weighted by molar-refractivity contribution is -0.130. The fourth-order valence-electron chi connectivity index (χ4n) is 3.86. The molecular formula is C21H21N5O2S. The second-order valence-corrected chi connectivity index (χ2v) is 8.39. The van der Waals surface area contributed by atoms with Gasteiger partial charge in [0.1, 0.15) is 0 Å². The minimum atomic E-state index is 0.145. The molecule has 5 rings (SSSR count). The number of rotatable bonds is 4. The number of piperidine rings is 1. The molecule has 0 spiro atoms. The van der Waals surface area contributed by atoms with Gasteiger partial charge in [0, 0.05) is 18.5 Å². The summed E-state index contributed by atoms with van der Waals surface area (Å²) in [5.41, 5.74) is 1.54. The van der Waals surface area contributed by atoms with E-state index in [9.17, 15) is 4.79 Å². The minimum absolute atomic E-state index is 0.145. The molecule has 4 aromatic rings. The molecule has 8 heteroatoms. The van der Waals surface area contributed by atoms with Gasteiger partial charge in [0.05, 0.1) is 17.5 Å². The predicted octanol–water partition coefficient (Wildman–Crippen LogP) is 3.89. The molecule has 4 heterocycles. The number of hydrogen-bond donors (Lipinski definition) is 0. The Bertz CT molecular complexity index is 1170. The van der Waals surface area contributed by atoms with E-state index >= 15 is 0 Å². The molecule has 148 valence electrons. The SMILES string of the molecule is CC1CCCN(C(=O)CSc2nnc3c4ccccc4nc(-c4ccco4)n23)C1. The zero-order valence-electron chi connectivity index (χ0n) is 16.1. The Balaban J connectivity index is 1.51. The number of para-hydroxylation sites is 1. The van der Waals surface area contributed by atoms with Gasteiger partial charge in [0.25, 0.3) is 0 Å². The molecule has 1 amide bonds. The number of hydrogen-bond acceptors (Lipinski definition) is 6. The van der Waals surface area contributed by atoms with Crippen LogP contribution in [-0.2, 0) is 4.79 Å². The number of carbonyl (C=O) groups excluding carboxylic acids is 1. The van der Waals surface area contributed by atoms with Crippen LogP contribution in [0.25, 0.3) is 28.1 Å². The van der Waals surface area contributed by atoms with Crippen molar-refractivity contribution in [3.05, 3.63) is 42.7 Å². The van der Waals surface area contributed by atoms with E-state index in [0.717, 1.165) is 30.4 Å². The lowest BCUT2D eigenvalue weighted by atomic mass is 10.0. The Hall–Kier alpha value is -2.87. The van der Waals surface area contributed by atoms with Crippen LogP contribution in [0.2, 0.25) is 0 Å². The maximum absolute atomic E-state index is 12.7. The first kappa shape index (κ1) is 18.2. The standard InChI is InChI=1S/C21H21N5O2S/c1-14-6-4-10-25(12-14)18(27)13-29-21-24-23-19-15-7-2-3-8-16(15)22-20(26(19)21)17-9-5-11-28-17/h2-3,5,7-9,11,14H,4,6,10,12-13H2,1H3. The monoisotopic (exact) mass is 407 g/mol. The number of benzene rings is 1. The Labute approximate surface area is 172 Å². The molecule has 1 aliphatic rings. The molecule has 1 fully saturated rings. The van der Waals surface area contributed by atoms with Gasteiger partial charge in [-0.2, -0.15) is 0 Å². The number of carbonyl (C=O) groups is 1. The molecule has 29 heavy (non-hydrogen) atoms. The third-order valence-electron chi connectivity index (χ3n) is 5.29. The van der Waals surface area contributed by atoms with Crippen molar-refractivity contribution in [3.63, 3.8) is 0 Å². The van der Waals surface area contributed by atoms with Gasteiger partial charge in [-0.1, -0.05) is 30.8 Å². The van der Waals surface area contributed by atoms with Crippen LogP contribution in [-0.4, -0.2) is 49.2 Å². The smallest absolute Gasteiger partial charge is 0.233 e. The topological polar surface area (TPSA) is 76.5 Å². The van der Waals surface area contributed by atoms with Gasteiger partial charge in [-0.05, 0) is 43.0 Å². The van der Waals surface area contributed by atoms with Crippen molar-refractivity contribution in [1.82, 2.24) is 24.5 Å². The van der Waals surface area contributed by atoms with E-state index in [-0.39, 0.29) is 5.91 Å². The molecular weight excluding hydrogens is 386 g/mol. The molecule has 3 aromatic heterocycles. The second kappa shape index (κ2) is 7.51. The third-order valence-corrected chi connectivity index (χ3v) is 6.21. The van der Waals surface area contributed by atoms with E-state index in [1.807, 2.05) is 45.7 Å². The molecule has 1 unspecified atom stereocenters. The highest BCUT2D eigenvalue weighted by atomic mass is 32.2. The molecule has 1 saturated heterocycles. The van der Waals surface area contributed by atoms with E-state index in [0.29, 0.717) is 34.1 Å². The summed E-state index contributed by atoms with van der Waals surface area (Å²) in [6.07, 6.45) is 3.89. The number of fused-ring (bicyclic) bond motifs is 3. The van der Waals surface area contributed by atoms with Crippen LogP contribution in [0.3, 0.4) is 0 Å². The molecule has 1 aliphatic heterocycles. The van der Waals surface area contributed by atoms with Crippen molar-refractivity contribution >= 4 is 34.2 Å². The molecule has 0 radical (unpaired) electrons. The third kappa shape index (κ3) is 3.37. The van der Waals surface area contributed by atoms with Crippen molar-refractivity contribution in [1.29, 1.82) is 0 Å². The fraction of sp³-hybridized carbons (Fsp3) is 0.333. The summed E-state index contributed by atoms with van der Waals surface area (Å²) in [4.78, 5) is 19.5. The number of nitrogens with zero attached hydrogens (tertiary/aromatic N) is 5. The summed E-state index contributed by atoms with van der Waals surface area (Å²) < 4.78 is 7.50. The van der Waals surface area contributed by atoms with Crippen LogP contribution < -0.4 is 0 Å². The Kier molecular flexibility index (Phi) is 4.71. The number of thioether (sulfide) groups is 1. The van der Waals surface area contributed by atoms with Crippen molar-refractivity contribution < 1.29 is 9.21 Å². The molecule has 7 nitrogen and oxygen atoms in total. The van der Waals surface area contributed by atoms with E-state index in [4.69, 9.17) is 9.40 Å². The van der Waals surface area contributed by atoms with Gasteiger partial charge < -0.3 is 9.32 Å². The molecule has 0 aliphatic carbocycles. The molecule has 0 N–H and O–H groups in total. The summed E-state index contributed by atoms with van der Waals surface area (Å²) in [6, 6.07) is 11.5. The van der Waals surface area contributed by atoms with Crippen LogP contribution in [0.15, 0.2) is 52.2 Å². The van der Waals surface area contributed by atoms with Crippen molar-refractivity contribution in [2.45, 2.75) is 24.9 Å². The summed E-state index contributed by atoms with van der Waals surface area (Å²) in [7, 11) is 0. The summed E-state index contributed by atoms with van der Waals surface area (Å²) in [5.74, 6) is 2.31. The van der Waals surface area contributed by atoms with Gasteiger partial charge in [-0.25, -0.2) is 4.98 Å². The van der Waals surface area contributed by atoms with E-state index in [1.165, 1.54) is 18.2 Å². The van der Waals surface area contributed by atoms with E-state index in [1.54, 1.807) is 6.26 Å². The Morgan fingerprint density at radius 2 is 2.14 bits per heavy atom. The first-order valence-corrected chi connectivity index (χ1v) is 10.8. The summed E-state index contributed by atoms with van der Waals surface area (Å²) in [6.45, 7) is 3.88.